The van der Waals surface area contributed by atoms with Crippen LogP contribution in [0, 0.1) is 5.92 Å². The first-order chi connectivity index (χ1) is 14.9. The highest BCUT2D eigenvalue weighted by atomic mass is 16.5. The number of hydrogen-bond donors (Lipinski definition) is 0. The van der Waals surface area contributed by atoms with E-state index in [1.807, 2.05) is 48.6 Å². The van der Waals surface area contributed by atoms with Crippen LogP contribution in [0.2, 0.25) is 0 Å². The van der Waals surface area contributed by atoms with E-state index in [2.05, 4.69) is 64.1 Å². The number of benzene rings is 1. The molecular weight excluding hydrogens is 380 g/mol. The summed E-state index contributed by atoms with van der Waals surface area (Å²) in [6.45, 7) is 8.52. The molecule has 0 atom stereocenters. The molecule has 0 heterocycles. The molecule has 1 aromatic rings. The van der Waals surface area contributed by atoms with Crippen LogP contribution in [0.5, 0.6) is 0 Å². The third-order valence-electron chi connectivity index (χ3n) is 5.51. The third-order valence-corrected chi connectivity index (χ3v) is 5.51. The fraction of sp³-hybridized carbons (Fsp3) is 0.207. The minimum Gasteiger partial charge on any atom is -0.465 e. The van der Waals surface area contributed by atoms with Crippen LogP contribution in [0.25, 0.3) is 6.08 Å². The Labute approximate surface area is 186 Å². The maximum Gasteiger partial charge on any atom is 0.339 e. The van der Waals surface area contributed by atoms with Gasteiger partial charge in [0.2, 0.25) is 0 Å². The fourth-order valence-electron chi connectivity index (χ4n) is 3.69. The molecule has 0 saturated heterocycles. The number of allylic oxidation sites excluding steroid dienone is 13. The van der Waals surface area contributed by atoms with Crippen molar-refractivity contribution in [1.29, 1.82) is 0 Å². The van der Waals surface area contributed by atoms with Gasteiger partial charge in [-0.15, -0.1) is 0 Å². The minimum absolute atomic E-state index is 0.326. The summed E-state index contributed by atoms with van der Waals surface area (Å²) in [6, 6.07) is 10.1. The lowest BCUT2D eigenvalue weighted by Gasteiger charge is -2.16. The Morgan fingerprint density at radius 1 is 0.903 bits per heavy atom. The Morgan fingerprint density at radius 2 is 1.58 bits per heavy atom. The van der Waals surface area contributed by atoms with Gasteiger partial charge in [-0.2, -0.15) is 0 Å². The van der Waals surface area contributed by atoms with E-state index in [4.69, 9.17) is 4.74 Å². The lowest BCUT2D eigenvalue weighted by molar-refractivity contribution is -0.135. The zero-order valence-electron chi connectivity index (χ0n) is 19.0. The first kappa shape index (κ1) is 22.3. The average molecular weight is 411 g/mol. The number of carbonyl (C=O) groups excluding carboxylic acids is 1. The predicted octanol–water partition coefficient (Wildman–Crippen LogP) is 7.08. The topological polar surface area (TPSA) is 26.3 Å². The molecule has 31 heavy (non-hydrogen) atoms. The first-order valence-electron chi connectivity index (χ1n) is 10.6. The Morgan fingerprint density at radius 3 is 2.26 bits per heavy atom. The SMILES string of the molecule is COC(=O)C1=C(/C=C\C=C\c2ccccc2)C=CC(C)=C2C=C(C(C)C)C=CC(C)=C21. The second-order valence-electron chi connectivity index (χ2n) is 8.07. The van der Waals surface area contributed by atoms with E-state index in [0.717, 1.165) is 33.4 Å². The number of carbonyl (C=O) groups is 1. The predicted molar refractivity (Wildman–Crippen MR) is 130 cm³/mol. The maximum atomic E-state index is 13.0. The van der Waals surface area contributed by atoms with Gasteiger partial charge >= 0.3 is 5.97 Å². The zero-order chi connectivity index (χ0) is 22.4. The molecule has 0 amide bonds. The van der Waals surface area contributed by atoms with E-state index in [1.165, 1.54) is 12.7 Å². The molecule has 2 nitrogen and oxygen atoms in total. The average Bonchev–Trinajstić information content (AvgIpc) is 3.02. The standard InChI is InChI=1S/C29H30O2/c1-20(2)25-18-16-22(4)27-26(19-25)21(3)15-17-24(28(27)29(30)31-5)14-10-9-13-23-11-7-6-8-12-23/h6-20H,1-5H3/b13-9+,14-10-. The van der Waals surface area contributed by atoms with Gasteiger partial charge in [0.15, 0.2) is 0 Å². The quantitative estimate of drug-likeness (QED) is 0.383. The number of hydrogen-bond acceptors (Lipinski definition) is 2. The Kier molecular flexibility index (Phi) is 7.25. The van der Waals surface area contributed by atoms with Crippen molar-refractivity contribution in [3.63, 3.8) is 0 Å². The van der Waals surface area contributed by atoms with Crippen molar-refractivity contribution in [3.05, 3.63) is 124 Å². The van der Waals surface area contributed by atoms with Gasteiger partial charge in [0.05, 0.1) is 12.7 Å². The van der Waals surface area contributed by atoms with E-state index in [0.29, 0.717) is 11.5 Å². The van der Waals surface area contributed by atoms with Crippen LogP contribution < -0.4 is 0 Å². The molecule has 0 spiro atoms. The van der Waals surface area contributed by atoms with Gasteiger partial charge < -0.3 is 4.74 Å². The smallest absolute Gasteiger partial charge is 0.339 e. The van der Waals surface area contributed by atoms with Gasteiger partial charge in [-0.25, -0.2) is 4.79 Å². The van der Waals surface area contributed by atoms with Crippen LogP contribution in [-0.2, 0) is 9.53 Å². The number of rotatable bonds is 5. The van der Waals surface area contributed by atoms with E-state index in [-0.39, 0.29) is 5.97 Å². The largest absolute Gasteiger partial charge is 0.465 e. The molecule has 0 bridgehead atoms. The molecule has 0 aromatic heterocycles. The van der Waals surface area contributed by atoms with E-state index in [1.54, 1.807) is 0 Å². The van der Waals surface area contributed by atoms with Crippen molar-refractivity contribution < 1.29 is 9.53 Å². The number of fused-ring (bicyclic) bond motifs is 1. The van der Waals surface area contributed by atoms with Crippen LogP contribution in [0.15, 0.2) is 118 Å². The number of ether oxygens (including phenoxy) is 1. The molecule has 0 aliphatic heterocycles. The molecule has 2 heteroatoms. The van der Waals surface area contributed by atoms with Crippen LogP contribution >= 0.6 is 0 Å². The lowest BCUT2D eigenvalue weighted by Crippen LogP contribution is -2.11. The summed E-state index contributed by atoms with van der Waals surface area (Å²) in [7, 11) is 1.44. The summed E-state index contributed by atoms with van der Waals surface area (Å²) < 4.78 is 5.21. The zero-order valence-corrected chi connectivity index (χ0v) is 19.0. The highest BCUT2D eigenvalue weighted by molar-refractivity contribution is 5.98. The summed E-state index contributed by atoms with van der Waals surface area (Å²) in [4.78, 5) is 13.0. The molecule has 0 saturated carbocycles. The van der Waals surface area contributed by atoms with Crippen LogP contribution in [0.1, 0.15) is 33.3 Å². The van der Waals surface area contributed by atoms with Gasteiger partial charge in [-0.3, -0.25) is 0 Å². The van der Waals surface area contributed by atoms with Crippen molar-refractivity contribution in [2.45, 2.75) is 27.7 Å². The first-order valence-corrected chi connectivity index (χ1v) is 10.6. The molecule has 0 fully saturated rings. The molecule has 0 unspecified atom stereocenters. The minimum atomic E-state index is -0.326. The van der Waals surface area contributed by atoms with Gasteiger partial charge in [-0.05, 0) is 58.8 Å². The summed E-state index contributed by atoms with van der Waals surface area (Å²) in [6.07, 6.45) is 18.5. The Bertz CT molecular complexity index is 1090. The number of methoxy groups -OCH3 is 1. The third kappa shape index (κ3) is 5.21. The normalized spacial score (nSPS) is 16.9. The van der Waals surface area contributed by atoms with Crippen molar-refractivity contribution in [2.24, 2.45) is 5.92 Å². The second-order valence-corrected chi connectivity index (χ2v) is 8.07. The molecular formula is C29H30O2. The van der Waals surface area contributed by atoms with Crippen molar-refractivity contribution in [3.8, 4) is 0 Å². The molecule has 0 N–H and O–H groups in total. The molecule has 1 aromatic carbocycles. The van der Waals surface area contributed by atoms with Crippen molar-refractivity contribution >= 4 is 12.0 Å². The molecule has 2 aliphatic carbocycles. The van der Waals surface area contributed by atoms with Gasteiger partial charge in [0.25, 0.3) is 0 Å². The summed E-state index contributed by atoms with van der Waals surface area (Å²) >= 11 is 0. The van der Waals surface area contributed by atoms with Gasteiger partial charge in [0, 0.05) is 0 Å². The molecule has 3 rings (SSSR count). The highest BCUT2D eigenvalue weighted by Crippen LogP contribution is 2.37. The van der Waals surface area contributed by atoms with Crippen molar-refractivity contribution in [2.75, 3.05) is 7.11 Å². The summed E-state index contributed by atoms with van der Waals surface area (Å²) in [5.74, 6) is 0.0664. The van der Waals surface area contributed by atoms with Gasteiger partial charge in [0.1, 0.15) is 0 Å². The van der Waals surface area contributed by atoms with E-state index >= 15 is 0 Å². The highest BCUT2D eigenvalue weighted by Gasteiger charge is 2.26. The monoisotopic (exact) mass is 410 g/mol. The lowest BCUT2D eigenvalue weighted by atomic mass is 9.88. The number of esters is 1. The summed E-state index contributed by atoms with van der Waals surface area (Å²) in [5.41, 5.74) is 7.99. The molecule has 0 radical (unpaired) electrons. The summed E-state index contributed by atoms with van der Waals surface area (Å²) in [5, 5.41) is 0. The fourth-order valence-corrected chi connectivity index (χ4v) is 3.69. The van der Waals surface area contributed by atoms with E-state index in [9.17, 15) is 4.79 Å². The maximum absolute atomic E-state index is 13.0. The Hall–Kier alpha value is -3.39. The van der Waals surface area contributed by atoms with Crippen molar-refractivity contribution in [1.82, 2.24) is 0 Å². The van der Waals surface area contributed by atoms with E-state index < -0.39 is 0 Å². The Balaban J connectivity index is 2.11. The van der Waals surface area contributed by atoms with Gasteiger partial charge in [-0.1, -0.05) is 98.9 Å². The molecule has 158 valence electrons. The molecule has 2 aliphatic rings. The van der Waals surface area contributed by atoms with Crippen LogP contribution in [0.3, 0.4) is 0 Å². The second kappa shape index (κ2) is 10.1. The van der Waals surface area contributed by atoms with Crippen LogP contribution in [-0.4, -0.2) is 13.1 Å². The van der Waals surface area contributed by atoms with Crippen LogP contribution in [0.4, 0.5) is 0 Å².